The molecule has 6 heteroatoms. The molecule has 0 radical (unpaired) electrons. The van der Waals surface area contributed by atoms with E-state index in [0.29, 0.717) is 11.4 Å². The summed E-state index contributed by atoms with van der Waals surface area (Å²) in [5, 5.41) is 12.2. The van der Waals surface area contributed by atoms with Crippen LogP contribution in [0.1, 0.15) is 11.1 Å². The highest BCUT2D eigenvalue weighted by Crippen LogP contribution is 2.34. The first kappa shape index (κ1) is 16.5. The SMILES string of the molecule is Cc1cc(C)cc(OCC(=O)Nc2cc(Cl)c(O)c(Cl)c2)c1. The molecule has 22 heavy (non-hydrogen) atoms. The standard InChI is InChI=1S/C16H15Cl2NO3/c1-9-3-10(2)5-12(4-9)22-8-15(20)19-11-6-13(17)16(21)14(18)7-11/h3-7,21H,8H2,1-2H3,(H,19,20). The number of anilines is 1. The largest absolute Gasteiger partial charge is 0.505 e. The lowest BCUT2D eigenvalue weighted by atomic mass is 10.1. The molecule has 1 amide bonds. The van der Waals surface area contributed by atoms with Crippen molar-refractivity contribution in [3.8, 4) is 11.5 Å². The highest BCUT2D eigenvalue weighted by atomic mass is 35.5. The summed E-state index contributed by atoms with van der Waals surface area (Å²) in [5.74, 6) is 0.0687. The van der Waals surface area contributed by atoms with Gasteiger partial charge in [0.1, 0.15) is 5.75 Å². The topological polar surface area (TPSA) is 58.6 Å². The van der Waals surface area contributed by atoms with Crippen molar-refractivity contribution >= 4 is 34.8 Å². The van der Waals surface area contributed by atoms with Gasteiger partial charge in [-0.25, -0.2) is 0 Å². The van der Waals surface area contributed by atoms with Crippen molar-refractivity contribution in [3.05, 3.63) is 51.5 Å². The number of hydrogen-bond acceptors (Lipinski definition) is 3. The van der Waals surface area contributed by atoms with E-state index in [2.05, 4.69) is 5.32 Å². The number of amides is 1. The van der Waals surface area contributed by atoms with E-state index in [0.717, 1.165) is 11.1 Å². The number of rotatable bonds is 4. The highest BCUT2D eigenvalue weighted by molar-refractivity contribution is 6.37. The van der Waals surface area contributed by atoms with Crippen LogP contribution >= 0.6 is 23.2 Å². The van der Waals surface area contributed by atoms with Crippen LogP contribution in [0.2, 0.25) is 10.0 Å². The monoisotopic (exact) mass is 339 g/mol. The lowest BCUT2D eigenvalue weighted by Crippen LogP contribution is -2.20. The average Bonchev–Trinajstić information content (AvgIpc) is 2.41. The minimum absolute atomic E-state index is 0.0676. The minimum atomic E-state index is -0.350. The smallest absolute Gasteiger partial charge is 0.262 e. The maximum Gasteiger partial charge on any atom is 0.262 e. The summed E-state index contributed by atoms with van der Waals surface area (Å²) in [6.07, 6.45) is 0. The van der Waals surface area contributed by atoms with Gasteiger partial charge in [0, 0.05) is 5.69 Å². The third kappa shape index (κ3) is 4.29. The predicted molar refractivity (Wildman–Crippen MR) is 88.2 cm³/mol. The van der Waals surface area contributed by atoms with E-state index in [9.17, 15) is 9.90 Å². The van der Waals surface area contributed by atoms with Crippen LogP contribution in [-0.4, -0.2) is 17.6 Å². The van der Waals surface area contributed by atoms with Crippen LogP contribution in [0.25, 0.3) is 0 Å². The fourth-order valence-electron chi connectivity index (χ4n) is 2.00. The van der Waals surface area contributed by atoms with Crippen molar-refractivity contribution in [2.24, 2.45) is 0 Å². The number of benzene rings is 2. The zero-order chi connectivity index (χ0) is 16.3. The first-order valence-electron chi connectivity index (χ1n) is 6.54. The number of halogens is 2. The van der Waals surface area contributed by atoms with E-state index >= 15 is 0 Å². The third-order valence-corrected chi connectivity index (χ3v) is 3.44. The van der Waals surface area contributed by atoms with Crippen molar-refractivity contribution in [1.29, 1.82) is 0 Å². The van der Waals surface area contributed by atoms with Crippen LogP contribution < -0.4 is 10.1 Å². The molecule has 0 saturated carbocycles. The Morgan fingerprint density at radius 3 is 2.18 bits per heavy atom. The molecular formula is C16H15Cl2NO3. The van der Waals surface area contributed by atoms with Crippen molar-refractivity contribution in [1.82, 2.24) is 0 Å². The summed E-state index contributed by atoms with van der Waals surface area (Å²) >= 11 is 11.6. The van der Waals surface area contributed by atoms with E-state index in [1.807, 2.05) is 32.0 Å². The number of aryl methyl sites for hydroxylation is 2. The first-order valence-corrected chi connectivity index (χ1v) is 7.29. The molecule has 0 fully saturated rings. The van der Waals surface area contributed by atoms with Crippen molar-refractivity contribution in [3.63, 3.8) is 0 Å². The lowest BCUT2D eigenvalue weighted by Gasteiger charge is -2.10. The van der Waals surface area contributed by atoms with Gasteiger partial charge in [0.25, 0.3) is 5.91 Å². The van der Waals surface area contributed by atoms with E-state index in [1.54, 1.807) is 0 Å². The lowest BCUT2D eigenvalue weighted by molar-refractivity contribution is -0.118. The summed E-state index contributed by atoms with van der Waals surface area (Å²) < 4.78 is 5.46. The molecule has 116 valence electrons. The molecule has 0 saturated heterocycles. The Morgan fingerprint density at radius 1 is 1.09 bits per heavy atom. The zero-order valence-electron chi connectivity index (χ0n) is 12.1. The van der Waals surface area contributed by atoms with Crippen LogP contribution in [0.5, 0.6) is 11.5 Å². The minimum Gasteiger partial charge on any atom is -0.505 e. The third-order valence-electron chi connectivity index (χ3n) is 2.87. The normalized spacial score (nSPS) is 10.4. The van der Waals surface area contributed by atoms with E-state index in [4.69, 9.17) is 27.9 Å². The first-order chi connectivity index (χ1) is 10.3. The molecule has 2 N–H and O–H groups in total. The quantitative estimate of drug-likeness (QED) is 0.815. The van der Waals surface area contributed by atoms with Crippen LogP contribution in [0.4, 0.5) is 5.69 Å². The summed E-state index contributed by atoms with van der Waals surface area (Å²) in [6, 6.07) is 8.56. The molecule has 0 spiro atoms. The van der Waals surface area contributed by atoms with Crippen molar-refractivity contribution in [2.75, 3.05) is 11.9 Å². The molecule has 0 bridgehead atoms. The number of phenols is 1. The number of ether oxygens (including phenoxy) is 1. The summed E-state index contributed by atoms with van der Waals surface area (Å²) in [4.78, 5) is 11.9. The molecule has 0 aliphatic rings. The molecule has 0 aromatic heterocycles. The second kappa shape index (κ2) is 6.90. The molecule has 0 unspecified atom stereocenters. The molecule has 2 rings (SSSR count). The van der Waals surface area contributed by atoms with Crippen LogP contribution in [0, 0.1) is 13.8 Å². The maximum atomic E-state index is 11.9. The van der Waals surface area contributed by atoms with Crippen molar-refractivity contribution in [2.45, 2.75) is 13.8 Å². The van der Waals surface area contributed by atoms with Gasteiger partial charge in [0.2, 0.25) is 0 Å². The predicted octanol–water partition coefficient (Wildman–Crippen LogP) is 4.33. The Morgan fingerprint density at radius 2 is 1.64 bits per heavy atom. The van der Waals surface area contributed by atoms with E-state index in [1.165, 1.54) is 12.1 Å². The van der Waals surface area contributed by atoms with Crippen LogP contribution in [-0.2, 0) is 4.79 Å². The van der Waals surface area contributed by atoms with E-state index in [-0.39, 0.29) is 28.3 Å². The maximum absolute atomic E-state index is 11.9. The fraction of sp³-hybridized carbons (Fsp3) is 0.188. The Bertz CT molecular complexity index is 673. The van der Waals surface area contributed by atoms with Gasteiger partial charge in [0.05, 0.1) is 10.0 Å². The number of carbonyl (C=O) groups excluding carboxylic acids is 1. The van der Waals surface area contributed by atoms with Gasteiger partial charge in [-0.1, -0.05) is 29.3 Å². The second-order valence-electron chi connectivity index (χ2n) is 4.95. The molecule has 2 aromatic carbocycles. The highest BCUT2D eigenvalue weighted by Gasteiger charge is 2.10. The van der Waals surface area contributed by atoms with Crippen molar-refractivity contribution < 1.29 is 14.6 Å². The van der Waals surface area contributed by atoms with Gasteiger partial charge in [-0.3, -0.25) is 4.79 Å². The number of phenolic OH excluding ortho intramolecular Hbond substituents is 1. The number of nitrogens with one attached hydrogen (secondary N) is 1. The second-order valence-corrected chi connectivity index (χ2v) is 5.76. The zero-order valence-corrected chi connectivity index (χ0v) is 13.6. The Hall–Kier alpha value is -1.91. The molecule has 0 aliphatic carbocycles. The van der Waals surface area contributed by atoms with Gasteiger partial charge < -0.3 is 15.2 Å². The van der Waals surface area contributed by atoms with E-state index < -0.39 is 0 Å². The average molecular weight is 340 g/mol. The molecule has 4 nitrogen and oxygen atoms in total. The van der Waals surface area contributed by atoms with Gasteiger partial charge in [-0.15, -0.1) is 0 Å². The number of aromatic hydroxyl groups is 1. The fourth-order valence-corrected chi connectivity index (χ4v) is 2.49. The number of hydrogen-bond donors (Lipinski definition) is 2. The summed E-state index contributed by atoms with van der Waals surface area (Å²) in [6.45, 7) is 3.78. The Balaban J connectivity index is 1.98. The Labute approximate surface area is 138 Å². The molecule has 2 aromatic rings. The molecule has 0 aliphatic heterocycles. The number of carbonyl (C=O) groups is 1. The molecule has 0 heterocycles. The van der Waals surface area contributed by atoms with Gasteiger partial charge in [0.15, 0.2) is 12.4 Å². The van der Waals surface area contributed by atoms with Crippen LogP contribution in [0.15, 0.2) is 30.3 Å². The summed E-state index contributed by atoms with van der Waals surface area (Å²) in [7, 11) is 0. The van der Waals surface area contributed by atoms with Gasteiger partial charge in [-0.05, 0) is 49.2 Å². The molecule has 0 atom stereocenters. The summed E-state index contributed by atoms with van der Waals surface area (Å²) in [5.41, 5.74) is 2.52. The molecular weight excluding hydrogens is 325 g/mol. The van der Waals surface area contributed by atoms with Crippen LogP contribution in [0.3, 0.4) is 0 Å². The van der Waals surface area contributed by atoms with Gasteiger partial charge >= 0.3 is 0 Å². The Kier molecular flexibility index (Phi) is 5.16. The van der Waals surface area contributed by atoms with Gasteiger partial charge in [-0.2, -0.15) is 0 Å².